The number of hydrogen-bond acceptors (Lipinski definition) is 4. The van der Waals surface area contributed by atoms with E-state index in [0.717, 1.165) is 44.1 Å². The van der Waals surface area contributed by atoms with Crippen LogP contribution in [0.2, 0.25) is 0 Å². The van der Waals surface area contributed by atoms with Crippen LogP contribution in [0.1, 0.15) is 53.0 Å². The lowest BCUT2D eigenvalue weighted by Crippen LogP contribution is -2.30. The molecule has 0 bridgehead atoms. The molecule has 20 heavy (non-hydrogen) atoms. The normalized spacial score (nSPS) is 12.2. The first-order valence-electron chi connectivity index (χ1n) is 8.00. The van der Waals surface area contributed by atoms with Crippen LogP contribution in [0.25, 0.3) is 0 Å². The molecule has 0 aliphatic carbocycles. The van der Waals surface area contributed by atoms with Crippen molar-refractivity contribution in [3.05, 3.63) is 11.9 Å². The minimum atomic E-state index is 0.682. The second-order valence-corrected chi connectivity index (χ2v) is 5.36. The Morgan fingerprint density at radius 3 is 2.50 bits per heavy atom. The van der Waals surface area contributed by atoms with Crippen molar-refractivity contribution in [1.82, 2.24) is 9.97 Å². The van der Waals surface area contributed by atoms with Crippen LogP contribution in [0.15, 0.2) is 6.33 Å². The van der Waals surface area contributed by atoms with Gasteiger partial charge in [-0.05, 0) is 26.2 Å². The van der Waals surface area contributed by atoms with Crippen molar-refractivity contribution in [3.63, 3.8) is 0 Å². The molecule has 0 saturated carbocycles. The Hall–Kier alpha value is -1.32. The summed E-state index contributed by atoms with van der Waals surface area (Å²) >= 11 is 0. The van der Waals surface area contributed by atoms with Gasteiger partial charge in [-0.3, -0.25) is 0 Å². The first-order chi connectivity index (χ1) is 9.67. The molecular formula is C16H30N4. The van der Waals surface area contributed by atoms with Crippen LogP contribution in [0.4, 0.5) is 11.6 Å². The number of hydrogen-bond donors (Lipinski definition) is 1. The van der Waals surface area contributed by atoms with Gasteiger partial charge in [0.1, 0.15) is 18.0 Å². The molecule has 0 spiro atoms. The first kappa shape index (κ1) is 16.7. The maximum absolute atomic E-state index is 4.57. The van der Waals surface area contributed by atoms with Crippen molar-refractivity contribution >= 4 is 11.6 Å². The highest BCUT2D eigenvalue weighted by Crippen LogP contribution is 2.25. The van der Waals surface area contributed by atoms with Crippen molar-refractivity contribution in [2.24, 2.45) is 5.92 Å². The molecular weight excluding hydrogens is 248 g/mol. The summed E-state index contributed by atoms with van der Waals surface area (Å²) < 4.78 is 0. The van der Waals surface area contributed by atoms with Crippen molar-refractivity contribution in [3.8, 4) is 0 Å². The smallest absolute Gasteiger partial charge is 0.137 e. The van der Waals surface area contributed by atoms with Crippen LogP contribution < -0.4 is 10.2 Å². The molecule has 4 nitrogen and oxygen atoms in total. The predicted molar refractivity (Wildman–Crippen MR) is 87.5 cm³/mol. The van der Waals surface area contributed by atoms with Gasteiger partial charge in [0.15, 0.2) is 0 Å². The van der Waals surface area contributed by atoms with Gasteiger partial charge in [-0.15, -0.1) is 0 Å². The quantitative estimate of drug-likeness (QED) is 0.747. The zero-order valence-corrected chi connectivity index (χ0v) is 13.7. The van der Waals surface area contributed by atoms with E-state index >= 15 is 0 Å². The van der Waals surface area contributed by atoms with Gasteiger partial charge in [0.25, 0.3) is 0 Å². The Kier molecular flexibility index (Phi) is 7.34. The third-order valence-corrected chi connectivity index (χ3v) is 3.68. The Bertz CT molecular complexity index is 392. The van der Waals surface area contributed by atoms with Crippen molar-refractivity contribution < 1.29 is 0 Å². The van der Waals surface area contributed by atoms with Crippen LogP contribution in [-0.2, 0) is 6.42 Å². The van der Waals surface area contributed by atoms with Crippen LogP contribution >= 0.6 is 0 Å². The molecule has 0 amide bonds. The zero-order valence-electron chi connectivity index (χ0n) is 13.7. The highest BCUT2D eigenvalue weighted by molar-refractivity contribution is 5.58. The molecule has 114 valence electrons. The van der Waals surface area contributed by atoms with E-state index in [4.69, 9.17) is 0 Å². The Morgan fingerprint density at radius 2 is 1.95 bits per heavy atom. The number of aromatic nitrogens is 2. The summed E-state index contributed by atoms with van der Waals surface area (Å²) in [5.41, 5.74) is 1.27. The highest BCUT2D eigenvalue weighted by Gasteiger charge is 2.17. The second kappa shape index (κ2) is 8.77. The molecule has 0 radical (unpaired) electrons. The van der Waals surface area contributed by atoms with Crippen molar-refractivity contribution in [2.75, 3.05) is 29.9 Å². The van der Waals surface area contributed by atoms with E-state index in [1.165, 1.54) is 12.0 Å². The SMILES string of the molecule is CCCc1c(NCC)ncnc1N(CC)CC(C)CC. The van der Waals surface area contributed by atoms with Gasteiger partial charge in [-0.1, -0.05) is 33.6 Å². The number of rotatable bonds is 9. The van der Waals surface area contributed by atoms with E-state index < -0.39 is 0 Å². The van der Waals surface area contributed by atoms with Gasteiger partial charge in [-0.25, -0.2) is 9.97 Å². The maximum Gasteiger partial charge on any atom is 0.137 e. The number of nitrogens with one attached hydrogen (secondary N) is 1. The average Bonchev–Trinajstić information content (AvgIpc) is 2.47. The summed E-state index contributed by atoms with van der Waals surface area (Å²) in [4.78, 5) is 11.4. The zero-order chi connectivity index (χ0) is 15.0. The predicted octanol–water partition coefficient (Wildman–Crippen LogP) is 3.73. The number of anilines is 2. The summed E-state index contributed by atoms with van der Waals surface area (Å²) in [6.07, 6.45) is 5.02. The van der Waals surface area contributed by atoms with Gasteiger partial charge in [0, 0.05) is 25.2 Å². The molecule has 1 aromatic heterocycles. The van der Waals surface area contributed by atoms with Crippen LogP contribution in [0.3, 0.4) is 0 Å². The Morgan fingerprint density at radius 1 is 1.20 bits per heavy atom. The summed E-state index contributed by atoms with van der Waals surface area (Å²) in [7, 11) is 0. The van der Waals surface area contributed by atoms with E-state index in [2.05, 4.69) is 54.8 Å². The lowest BCUT2D eigenvalue weighted by atomic mass is 10.1. The molecule has 0 fully saturated rings. The monoisotopic (exact) mass is 278 g/mol. The molecule has 4 heteroatoms. The summed E-state index contributed by atoms with van der Waals surface area (Å²) in [6, 6.07) is 0. The van der Waals surface area contributed by atoms with Crippen molar-refractivity contribution in [2.45, 2.75) is 53.9 Å². The minimum absolute atomic E-state index is 0.682. The van der Waals surface area contributed by atoms with E-state index in [9.17, 15) is 0 Å². The van der Waals surface area contributed by atoms with E-state index in [-0.39, 0.29) is 0 Å². The average molecular weight is 278 g/mol. The van der Waals surface area contributed by atoms with E-state index in [1.807, 2.05) is 0 Å². The fourth-order valence-electron chi connectivity index (χ4n) is 2.35. The molecule has 0 aliphatic heterocycles. The summed E-state index contributed by atoms with van der Waals surface area (Å²) in [6.45, 7) is 14.0. The lowest BCUT2D eigenvalue weighted by Gasteiger charge is -2.27. The maximum atomic E-state index is 4.57. The largest absolute Gasteiger partial charge is 0.370 e. The van der Waals surface area contributed by atoms with Crippen LogP contribution in [0, 0.1) is 5.92 Å². The molecule has 1 aromatic rings. The van der Waals surface area contributed by atoms with E-state index in [1.54, 1.807) is 6.33 Å². The standard InChI is InChI=1S/C16H30N4/c1-6-10-14-15(17-8-3)18-12-19-16(14)20(9-4)11-13(5)7-2/h12-13H,6-11H2,1-5H3,(H,17,18,19). The molecule has 0 aliphatic rings. The highest BCUT2D eigenvalue weighted by atomic mass is 15.2. The Balaban J connectivity index is 3.09. The summed E-state index contributed by atoms with van der Waals surface area (Å²) in [5.74, 6) is 2.80. The van der Waals surface area contributed by atoms with E-state index in [0.29, 0.717) is 5.92 Å². The molecule has 0 saturated heterocycles. The number of nitrogens with zero attached hydrogens (tertiary/aromatic N) is 3. The molecule has 1 N–H and O–H groups in total. The lowest BCUT2D eigenvalue weighted by molar-refractivity contribution is 0.544. The first-order valence-corrected chi connectivity index (χ1v) is 8.00. The fourth-order valence-corrected chi connectivity index (χ4v) is 2.35. The topological polar surface area (TPSA) is 41.1 Å². The van der Waals surface area contributed by atoms with Gasteiger partial charge in [0.2, 0.25) is 0 Å². The van der Waals surface area contributed by atoms with Gasteiger partial charge >= 0.3 is 0 Å². The second-order valence-electron chi connectivity index (χ2n) is 5.36. The molecule has 1 unspecified atom stereocenters. The summed E-state index contributed by atoms with van der Waals surface area (Å²) in [5, 5.41) is 3.37. The van der Waals surface area contributed by atoms with Gasteiger partial charge in [-0.2, -0.15) is 0 Å². The van der Waals surface area contributed by atoms with Crippen LogP contribution in [-0.4, -0.2) is 29.6 Å². The molecule has 1 atom stereocenters. The van der Waals surface area contributed by atoms with Crippen molar-refractivity contribution in [1.29, 1.82) is 0 Å². The Labute approximate surface area is 124 Å². The molecule has 0 aromatic carbocycles. The third kappa shape index (κ3) is 4.36. The van der Waals surface area contributed by atoms with Gasteiger partial charge < -0.3 is 10.2 Å². The fraction of sp³-hybridized carbons (Fsp3) is 0.750. The molecule has 1 heterocycles. The van der Waals surface area contributed by atoms with Crippen LogP contribution in [0.5, 0.6) is 0 Å². The van der Waals surface area contributed by atoms with Gasteiger partial charge in [0.05, 0.1) is 0 Å². The molecule has 1 rings (SSSR count). The minimum Gasteiger partial charge on any atom is -0.370 e. The third-order valence-electron chi connectivity index (χ3n) is 3.68.